The number of carbonyl (C=O) groups is 2. The Balaban J connectivity index is 2.13. The molecule has 1 heterocycles. The highest BCUT2D eigenvalue weighted by Crippen LogP contribution is 2.27. The van der Waals surface area contributed by atoms with Crippen molar-refractivity contribution in [1.29, 1.82) is 0 Å². The van der Waals surface area contributed by atoms with Crippen LogP contribution in [0.1, 0.15) is 41.0 Å². The van der Waals surface area contributed by atoms with E-state index in [1.165, 1.54) is 23.5 Å². The van der Waals surface area contributed by atoms with Crippen LogP contribution < -0.4 is 10.6 Å². The molecule has 2 N–H and O–H groups in total. The number of benzene rings is 1. The minimum atomic E-state index is -0.667. The van der Waals surface area contributed by atoms with Crippen LogP contribution in [-0.2, 0) is 9.59 Å². The van der Waals surface area contributed by atoms with Crippen molar-refractivity contribution in [3.05, 3.63) is 30.1 Å². The highest BCUT2D eigenvalue weighted by molar-refractivity contribution is 7.18. The lowest BCUT2D eigenvalue weighted by atomic mass is 9.92. The molecule has 2 amide bonds. The molecule has 0 bridgehead atoms. The fraction of sp³-hybridized carbons (Fsp3) is 0.474. The first kappa shape index (κ1) is 21.0. The summed E-state index contributed by atoms with van der Waals surface area (Å²) in [4.78, 5) is 25.1. The molecule has 6 nitrogen and oxygen atoms in total. The van der Waals surface area contributed by atoms with Crippen LogP contribution in [0.5, 0.6) is 0 Å². The van der Waals surface area contributed by atoms with Crippen molar-refractivity contribution in [2.75, 3.05) is 5.32 Å². The van der Waals surface area contributed by atoms with Crippen molar-refractivity contribution < 1.29 is 14.0 Å². The van der Waals surface area contributed by atoms with Crippen molar-refractivity contribution in [2.45, 2.75) is 47.1 Å². The largest absolute Gasteiger partial charge is 0.344 e. The molecule has 0 aliphatic carbocycles. The molecule has 2 aromatic rings. The zero-order chi connectivity index (χ0) is 20.2. The maximum absolute atomic E-state index is 13.0. The molecule has 1 aromatic carbocycles. The third-order valence-corrected chi connectivity index (χ3v) is 5.10. The molecule has 27 heavy (non-hydrogen) atoms. The standard InChI is InChI=1S/C19H25FN4O2S/c1-6-11(2)14(21-17(26)19(3,4)5)15(25)22-18-24-23-16(27-18)12-7-9-13(20)10-8-12/h7-11,14H,6H2,1-5H3,(H,21,26)(H,22,24,25)/t11-,14-/m0/s1. The van der Waals surface area contributed by atoms with Crippen LogP contribution in [0.3, 0.4) is 0 Å². The first-order valence-corrected chi connectivity index (χ1v) is 9.64. The van der Waals surface area contributed by atoms with Gasteiger partial charge in [-0.3, -0.25) is 14.9 Å². The molecular formula is C19H25FN4O2S. The number of nitrogens with one attached hydrogen (secondary N) is 2. The van der Waals surface area contributed by atoms with Gasteiger partial charge in [0.25, 0.3) is 0 Å². The number of amides is 2. The van der Waals surface area contributed by atoms with Gasteiger partial charge in [0.05, 0.1) is 0 Å². The van der Waals surface area contributed by atoms with E-state index in [-0.39, 0.29) is 23.5 Å². The van der Waals surface area contributed by atoms with Gasteiger partial charge in [-0.15, -0.1) is 10.2 Å². The Labute approximate surface area is 162 Å². The van der Waals surface area contributed by atoms with Gasteiger partial charge in [0.2, 0.25) is 16.9 Å². The van der Waals surface area contributed by atoms with Crippen LogP contribution in [-0.4, -0.2) is 28.1 Å². The molecule has 0 fully saturated rings. The first-order chi connectivity index (χ1) is 12.6. The van der Waals surface area contributed by atoms with Crippen LogP contribution >= 0.6 is 11.3 Å². The van der Waals surface area contributed by atoms with E-state index in [1.807, 2.05) is 13.8 Å². The first-order valence-electron chi connectivity index (χ1n) is 8.83. The average Bonchev–Trinajstić information content (AvgIpc) is 3.06. The monoisotopic (exact) mass is 392 g/mol. The Bertz CT molecular complexity index is 799. The van der Waals surface area contributed by atoms with E-state index in [2.05, 4.69) is 20.8 Å². The summed E-state index contributed by atoms with van der Waals surface area (Å²) >= 11 is 1.19. The molecule has 0 aliphatic heterocycles. The summed E-state index contributed by atoms with van der Waals surface area (Å²) in [5.41, 5.74) is 0.124. The topological polar surface area (TPSA) is 84.0 Å². The molecule has 0 radical (unpaired) electrons. The van der Waals surface area contributed by atoms with Crippen LogP contribution in [0.4, 0.5) is 9.52 Å². The van der Waals surface area contributed by atoms with Gasteiger partial charge >= 0.3 is 0 Å². The second kappa shape index (κ2) is 8.56. The van der Waals surface area contributed by atoms with Crippen LogP contribution in [0.25, 0.3) is 10.6 Å². The number of nitrogens with zero attached hydrogens (tertiary/aromatic N) is 2. The Morgan fingerprint density at radius 3 is 2.37 bits per heavy atom. The van der Waals surface area contributed by atoms with E-state index in [4.69, 9.17) is 0 Å². The van der Waals surface area contributed by atoms with E-state index in [0.717, 1.165) is 6.42 Å². The molecule has 0 saturated carbocycles. The number of halogens is 1. The minimum Gasteiger partial charge on any atom is -0.344 e. The lowest BCUT2D eigenvalue weighted by Crippen LogP contribution is -2.50. The molecule has 2 rings (SSSR count). The lowest BCUT2D eigenvalue weighted by molar-refractivity contribution is -0.132. The van der Waals surface area contributed by atoms with Crippen molar-refractivity contribution in [2.24, 2.45) is 11.3 Å². The minimum absolute atomic E-state index is 0.0409. The van der Waals surface area contributed by atoms with Gasteiger partial charge in [0.1, 0.15) is 16.9 Å². The van der Waals surface area contributed by atoms with Gasteiger partial charge in [0.15, 0.2) is 0 Å². The Morgan fingerprint density at radius 2 is 1.81 bits per heavy atom. The predicted molar refractivity (Wildman–Crippen MR) is 105 cm³/mol. The van der Waals surface area contributed by atoms with Crippen LogP contribution in [0.2, 0.25) is 0 Å². The number of anilines is 1. The Morgan fingerprint density at radius 1 is 1.19 bits per heavy atom. The summed E-state index contributed by atoms with van der Waals surface area (Å²) in [7, 11) is 0. The van der Waals surface area contributed by atoms with E-state index < -0.39 is 11.5 Å². The zero-order valence-corrected chi connectivity index (χ0v) is 17.0. The van der Waals surface area contributed by atoms with Crippen LogP contribution in [0, 0.1) is 17.2 Å². The highest BCUT2D eigenvalue weighted by Gasteiger charge is 2.31. The molecule has 0 aliphatic rings. The van der Waals surface area contributed by atoms with Gasteiger partial charge in [-0.1, -0.05) is 52.4 Å². The maximum atomic E-state index is 13.0. The van der Waals surface area contributed by atoms with Crippen molar-refractivity contribution >= 4 is 28.3 Å². The van der Waals surface area contributed by atoms with E-state index in [1.54, 1.807) is 32.9 Å². The molecule has 0 unspecified atom stereocenters. The third kappa shape index (κ3) is 5.56. The second-order valence-corrected chi connectivity index (χ2v) is 8.47. The molecular weight excluding hydrogens is 367 g/mol. The summed E-state index contributed by atoms with van der Waals surface area (Å²) < 4.78 is 13.0. The van der Waals surface area contributed by atoms with Crippen molar-refractivity contribution in [3.8, 4) is 10.6 Å². The van der Waals surface area contributed by atoms with Gasteiger partial charge in [-0.2, -0.15) is 0 Å². The number of rotatable bonds is 6. The smallest absolute Gasteiger partial charge is 0.249 e. The Kier molecular flexibility index (Phi) is 6.64. The molecule has 2 atom stereocenters. The number of hydrogen-bond donors (Lipinski definition) is 2. The van der Waals surface area contributed by atoms with Gasteiger partial charge in [0, 0.05) is 11.0 Å². The molecule has 8 heteroatoms. The van der Waals surface area contributed by atoms with Crippen LogP contribution in [0.15, 0.2) is 24.3 Å². The number of hydrogen-bond acceptors (Lipinski definition) is 5. The summed E-state index contributed by atoms with van der Waals surface area (Å²) in [6, 6.07) is 5.23. The highest BCUT2D eigenvalue weighted by atomic mass is 32.1. The summed E-state index contributed by atoms with van der Waals surface area (Å²) in [6.45, 7) is 9.28. The molecule has 0 spiro atoms. The number of aromatic nitrogens is 2. The molecule has 0 saturated heterocycles. The van der Waals surface area contributed by atoms with Gasteiger partial charge < -0.3 is 5.32 Å². The second-order valence-electron chi connectivity index (χ2n) is 7.50. The summed E-state index contributed by atoms with van der Waals surface area (Å²) in [5, 5.41) is 14.5. The fourth-order valence-corrected chi connectivity index (χ4v) is 2.98. The Hall–Kier alpha value is -2.35. The van der Waals surface area contributed by atoms with E-state index in [0.29, 0.717) is 15.7 Å². The zero-order valence-electron chi connectivity index (χ0n) is 16.2. The van der Waals surface area contributed by atoms with Gasteiger partial charge in [-0.25, -0.2) is 4.39 Å². The van der Waals surface area contributed by atoms with Crippen molar-refractivity contribution in [1.82, 2.24) is 15.5 Å². The fourth-order valence-electron chi connectivity index (χ4n) is 2.23. The lowest BCUT2D eigenvalue weighted by Gasteiger charge is -2.27. The SMILES string of the molecule is CC[C@H](C)[C@H](NC(=O)C(C)(C)C)C(=O)Nc1nnc(-c2ccc(F)cc2)s1. The van der Waals surface area contributed by atoms with Gasteiger partial charge in [-0.05, 0) is 30.2 Å². The normalized spacial score (nSPS) is 13.7. The summed E-state index contributed by atoms with van der Waals surface area (Å²) in [6.07, 6.45) is 0.736. The van der Waals surface area contributed by atoms with E-state index >= 15 is 0 Å². The average molecular weight is 393 g/mol. The predicted octanol–water partition coefficient (Wildman–Crippen LogP) is 3.86. The molecule has 146 valence electrons. The maximum Gasteiger partial charge on any atom is 0.249 e. The van der Waals surface area contributed by atoms with Crippen molar-refractivity contribution in [3.63, 3.8) is 0 Å². The summed E-state index contributed by atoms with van der Waals surface area (Å²) in [5.74, 6) is -0.889. The third-order valence-electron chi connectivity index (χ3n) is 4.21. The molecule has 1 aromatic heterocycles. The quantitative estimate of drug-likeness (QED) is 0.782. The van der Waals surface area contributed by atoms with E-state index in [9.17, 15) is 14.0 Å². The number of carbonyl (C=O) groups excluding carboxylic acids is 2.